The van der Waals surface area contributed by atoms with Crippen molar-refractivity contribution < 1.29 is 4.79 Å². The zero-order valence-electron chi connectivity index (χ0n) is 12.2. The molecule has 1 aromatic carbocycles. The number of nitrogens with zero attached hydrogens (tertiary/aromatic N) is 1. The molecule has 0 atom stereocenters. The quantitative estimate of drug-likeness (QED) is 0.812. The second-order valence-electron chi connectivity index (χ2n) is 5.02. The highest BCUT2D eigenvalue weighted by molar-refractivity contribution is 6.19. The van der Waals surface area contributed by atoms with E-state index in [1.807, 2.05) is 57.1 Å². The molecule has 0 aliphatic rings. The Labute approximate surface area is 120 Å². The first kappa shape index (κ1) is 15.8. The highest BCUT2D eigenvalue weighted by atomic mass is 35.5. The lowest BCUT2D eigenvalue weighted by Crippen LogP contribution is -2.49. The summed E-state index contributed by atoms with van der Waals surface area (Å²) in [7, 11) is 3.95. The number of hydrogen-bond acceptors (Lipinski definition) is 2. The van der Waals surface area contributed by atoms with Gasteiger partial charge in [0.2, 0.25) is 0 Å². The monoisotopic (exact) mass is 282 g/mol. The van der Waals surface area contributed by atoms with Gasteiger partial charge in [0.05, 0.1) is 5.54 Å². The maximum atomic E-state index is 12.2. The average molecular weight is 283 g/mol. The molecule has 106 valence electrons. The van der Waals surface area contributed by atoms with E-state index in [0.717, 1.165) is 18.5 Å². The van der Waals surface area contributed by atoms with Crippen molar-refractivity contribution in [3.63, 3.8) is 0 Å². The van der Waals surface area contributed by atoms with Crippen LogP contribution >= 0.6 is 11.6 Å². The molecule has 0 spiro atoms. The van der Waals surface area contributed by atoms with Crippen LogP contribution in [0.25, 0.3) is 0 Å². The topological polar surface area (TPSA) is 32.3 Å². The van der Waals surface area contributed by atoms with Gasteiger partial charge in [-0.2, -0.15) is 0 Å². The van der Waals surface area contributed by atoms with Crippen molar-refractivity contribution >= 4 is 23.2 Å². The van der Waals surface area contributed by atoms with E-state index in [1.165, 1.54) is 0 Å². The summed E-state index contributed by atoms with van der Waals surface area (Å²) in [5, 5.41) is 3.06. The Morgan fingerprint density at radius 3 is 2.11 bits per heavy atom. The van der Waals surface area contributed by atoms with Crippen molar-refractivity contribution in [2.45, 2.75) is 32.2 Å². The van der Waals surface area contributed by atoms with E-state index in [9.17, 15) is 4.79 Å². The van der Waals surface area contributed by atoms with Crippen LogP contribution in [0.4, 0.5) is 5.69 Å². The lowest BCUT2D eigenvalue weighted by atomic mass is 9.94. The Balaban J connectivity index is 2.83. The van der Waals surface area contributed by atoms with Crippen LogP contribution in [0.1, 0.15) is 37.0 Å². The van der Waals surface area contributed by atoms with Gasteiger partial charge >= 0.3 is 0 Å². The van der Waals surface area contributed by atoms with Crippen molar-refractivity contribution in [3.8, 4) is 0 Å². The third-order valence-electron chi connectivity index (χ3n) is 3.63. The molecule has 0 bridgehead atoms. The second kappa shape index (κ2) is 6.80. The minimum Gasteiger partial charge on any atom is -0.378 e. The van der Waals surface area contributed by atoms with Gasteiger partial charge in [-0.3, -0.25) is 4.79 Å². The fourth-order valence-electron chi connectivity index (χ4n) is 1.87. The number of amides is 1. The first-order valence-corrected chi connectivity index (χ1v) is 7.17. The Morgan fingerprint density at radius 1 is 1.21 bits per heavy atom. The molecular formula is C15H23ClN2O. The normalized spacial score (nSPS) is 11.2. The van der Waals surface area contributed by atoms with Gasteiger partial charge in [-0.1, -0.05) is 13.8 Å². The third-order valence-corrected chi connectivity index (χ3v) is 4.15. The molecule has 0 aliphatic carbocycles. The molecule has 19 heavy (non-hydrogen) atoms. The van der Waals surface area contributed by atoms with Crippen LogP contribution in [0.2, 0.25) is 0 Å². The van der Waals surface area contributed by atoms with E-state index < -0.39 is 0 Å². The van der Waals surface area contributed by atoms with E-state index in [0.29, 0.717) is 11.4 Å². The summed E-state index contributed by atoms with van der Waals surface area (Å²) < 4.78 is 0. The third kappa shape index (κ3) is 3.87. The number of halogens is 1. The predicted molar refractivity (Wildman–Crippen MR) is 82.3 cm³/mol. The SMILES string of the molecule is CCC(CC)(CCl)NC(=O)c1ccc(N(C)C)cc1. The molecule has 0 saturated heterocycles. The predicted octanol–water partition coefficient (Wildman–Crippen LogP) is 3.28. The van der Waals surface area contributed by atoms with Crippen LogP contribution in [0.5, 0.6) is 0 Å². The van der Waals surface area contributed by atoms with Gasteiger partial charge in [0.1, 0.15) is 0 Å². The smallest absolute Gasteiger partial charge is 0.251 e. The van der Waals surface area contributed by atoms with Gasteiger partial charge < -0.3 is 10.2 Å². The first-order valence-electron chi connectivity index (χ1n) is 6.64. The molecule has 0 radical (unpaired) electrons. The number of carbonyl (C=O) groups is 1. The summed E-state index contributed by atoms with van der Waals surface area (Å²) in [6.07, 6.45) is 1.66. The fourth-order valence-corrected chi connectivity index (χ4v) is 2.32. The standard InChI is InChI=1S/C15H23ClN2O/c1-5-15(6-2,11-16)17-14(19)12-7-9-13(10-8-12)18(3)4/h7-10H,5-6,11H2,1-4H3,(H,17,19). The number of benzene rings is 1. The van der Waals surface area contributed by atoms with E-state index in [2.05, 4.69) is 5.32 Å². The van der Waals surface area contributed by atoms with Crippen LogP contribution in [0.3, 0.4) is 0 Å². The molecular weight excluding hydrogens is 260 g/mol. The Hall–Kier alpha value is -1.22. The number of anilines is 1. The van der Waals surface area contributed by atoms with Crippen LogP contribution in [-0.4, -0.2) is 31.4 Å². The minimum absolute atomic E-state index is 0.0605. The summed E-state index contributed by atoms with van der Waals surface area (Å²) in [6.45, 7) is 4.09. The Kier molecular flexibility index (Phi) is 5.67. The zero-order valence-corrected chi connectivity index (χ0v) is 12.9. The van der Waals surface area contributed by atoms with E-state index in [4.69, 9.17) is 11.6 Å². The fraction of sp³-hybridized carbons (Fsp3) is 0.533. The molecule has 1 amide bonds. The number of rotatable bonds is 6. The average Bonchev–Trinajstić information content (AvgIpc) is 2.45. The molecule has 0 heterocycles. The first-order chi connectivity index (χ1) is 8.98. The van der Waals surface area contributed by atoms with Crippen LogP contribution in [-0.2, 0) is 0 Å². The van der Waals surface area contributed by atoms with Crippen LogP contribution < -0.4 is 10.2 Å². The van der Waals surface area contributed by atoms with Gasteiger partial charge in [0, 0.05) is 31.2 Å². The lowest BCUT2D eigenvalue weighted by Gasteiger charge is -2.30. The molecule has 0 unspecified atom stereocenters. The van der Waals surface area contributed by atoms with Gasteiger partial charge in [-0.15, -0.1) is 11.6 Å². The number of alkyl halides is 1. The summed E-state index contributed by atoms with van der Waals surface area (Å²) in [5.41, 5.74) is 1.44. The lowest BCUT2D eigenvalue weighted by molar-refractivity contribution is 0.0902. The molecule has 0 saturated carbocycles. The van der Waals surface area contributed by atoms with E-state index in [1.54, 1.807) is 0 Å². The summed E-state index contributed by atoms with van der Waals surface area (Å²) in [5.74, 6) is 0.372. The molecule has 3 nitrogen and oxygen atoms in total. The highest BCUT2D eigenvalue weighted by Gasteiger charge is 2.27. The van der Waals surface area contributed by atoms with Gasteiger partial charge in [-0.25, -0.2) is 0 Å². The van der Waals surface area contributed by atoms with Crippen LogP contribution in [0.15, 0.2) is 24.3 Å². The number of hydrogen-bond donors (Lipinski definition) is 1. The van der Waals surface area contributed by atoms with Crippen molar-refractivity contribution in [3.05, 3.63) is 29.8 Å². The molecule has 0 aliphatic heterocycles. The zero-order chi connectivity index (χ0) is 14.5. The van der Waals surface area contributed by atoms with Crippen molar-refractivity contribution in [2.24, 2.45) is 0 Å². The summed E-state index contributed by atoms with van der Waals surface area (Å²) >= 11 is 6.00. The molecule has 4 heteroatoms. The molecule has 0 aromatic heterocycles. The van der Waals surface area contributed by atoms with Gasteiger partial charge in [0.15, 0.2) is 0 Å². The van der Waals surface area contributed by atoms with Crippen molar-refractivity contribution in [1.29, 1.82) is 0 Å². The molecule has 1 aromatic rings. The minimum atomic E-state index is -0.307. The maximum Gasteiger partial charge on any atom is 0.251 e. The maximum absolute atomic E-state index is 12.2. The Bertz CT molecular complexity index is 402. The van der Waals surface area contributed by atoms with Crippen molar-refractivity contribution in [2.75, 3.05) is 24.9 Å². The summed E-state index contributed by atoms with van der Waals surface area (Å²) in [4.78, 5) is 14.2. The second-order valence-corrected chi connectivity index (χ2v) is 5.28. The van der Waals surface area contributed by atoms with Crippen LogP contribution in [0, 0.1) is 0 Å². The summed E-state index contributed by atoms with van der Waals surface area (Å²) in [6, 6.07) is 7.56. The molecule has 1 N–H and O–H groups in total. The molecule has 1 rings (SSSR count). The highest BCUT2D eigenvalue weighted by Crippen LogP contribution is 2.19. The van der Waals surface area contributed by atoms with Crippen molar-refractivity contribution in [1.82, 2.24) is 5.32 Å². The number of nitrogens with one attached hydrogen (secondary N) is 1. The molecule has 0 fully saturated rings. The van der Waals surface area contributed by atoms with E-state index in [-0.39, 0.29) is 11.4 Å². The van der Waals surface area contributed by atoms with Gasteiger partial charge in [0.25, 0.3) is 5.91 Å². The van der Waals surface area contributed by atoms with Gasteiger partial charge in [-0.05, 0) is 37.1 Å². The van der Waals surface area contributed by atoms with E-state index >= 15 is 0 Å². The largest absolute Gasteiger partial charge is 0.378 e. The number of carbonyl (C=O) groups excluding carboxylic acids is 1. The Morgan fingerprint density at radius 2 is 1.74 bits per heavy atom.